The fourth-order valence-corrected chi connectivity index (χ4v) is 1.79. The van der Waals surface area contributed by atoms with Crippen LogP contribution in [0.5, 0.6) is 0 Å². The molecule has 1 aliphatic rings. The maximum absolute atomic E-state index is 11.6. The molecule has 7 nitrogen and oxygen atoms in total. The van der Waals surface area contributed by atoms with E-state index in [0.717, 1.165) is 0 Å². The quantitative estimate of drug-likeness (QED) is 0.632. The molecule has 1 fully saturated rings. The summed E-state index contributed by atoms with van der Waals surface area (Å²) >= 11 is 0. The van der Waals surface area contributed by atoms with E-state index in [1.165, 1.54) is 12.1 Å². The second-order valence-electron chi connectivity index (χ2n) is 4.19. The topological polar surface area (TPSA) is 108 Å². The first-order chi connectivity index (χ1) is 9.04. The normalized spacial score (nSPS) is 17.7. The molecular formula is C12H13N3O4. The molecule has 19 heavy (non-hydrogen) atoms. The molecule has 1 heterocycles. The molecule has 0 spiro atoms. The van der Waals surface area contributed by atoms with Gasteiger partial charge in [0.1, 0.15) is 0 Å². The van der Waals surface area contributed by atoms with Crippen molar-refractivity contribution < 1.29 is 19.5 Å². The Kier molecular flexibility index (Phi) is 3.65. The van der Waals surface area contributed by atoms with Crippen molar-refractivity contribution in [3.8, 4) is 0 Å². The third kappa shape index (κ3) is 3.44. The Hall–Kier alpha value is -2.57. The first-order valence-corrected chi connectivity index (χ1v) is 5.72. The van der Waals surface area contributed by atoms with E-state index in [1.807, 2.05) is 0 Å². The Morgan fingerprint density at radius 2 is 2.16 bits per heavy atom. The number of hydrogen-bond donors (Lipinski definition) is 4. The Labute approximate surface area is 109 Å². The number of urea groups is 1. The molecule has 1 aromatic carbocycles. The van der Waals surface area contributed by atoms with Crippen LogP contribution in [0.4, 0.5) is 10.5 Å². The summed E-state index contributed by atoms with van der Waals surface area (Å²) in [5, 5.41) is 16.6. The minimum Gasteiger partial charge on any atom is -0.478 e. The second kappa shape index (κ2) is 5.38. The van der Waals surface area contributed by atoms with Crippen molar-refractivity contribution in [2.75, 3.05) is 11.9 Å². The number of rotatable bonds is 3. The predicted octanol–water partition coefficient (Wildman–Crippen LogP) is 0.395. The lowest BCUT2D eigenvalue weighted by Gasteiger charge is -2.11. The first-order valence-electron chi connectivity index (χ1n) is 5.72. The van der Waals surface area contributed by atoms with E-state index in [9.17, 15) is 14.4 Å². The fourth-order valence-electron chi connectivity index (χ4n) is 1.79. The van der Waals surface area contributed by atoms with Gasteiger partial charge in [-0.2, -0.15) is 0 Å². The summed E-state index contributed by atoms with van der Waals surface area (Å²) in [6, 6.07) is 5.22. The average molecular weight is 263 g/mol. The van der Waals surface area contributed by atoms with Crippen LogP contribution in [0.25, 0.3) is 0 Å². The third-order valence-electron chi connectivity index (χ3n) is 2.68. The molecule has 7 heteroatoms. The van der Waals surface area contributed by atoms with Gasteiger partial charge >= 0.3 is 12.0 Å². The van der Waals surface area contributed by atoms with Crippen LogP contribution in [0.3, 0.4) is 0 Å². The Bertz CT molecular complexity index is 529. The van der Waals surface area contributed by atoms with E-state index < -0.39 is 12.0 Å². The monoisotopic (exact) mass is 263 g/mol. The van der Waals surface area contributed by atoms with Crippen molar-refractivity contribution in [2.45, 2.75) is 12.5 Å². The molecule has 2 rings (SSSR count). The highest BCUT2D eigenvalue weighted by Gasteiger charge is 2.22. The number of carbonyl (C=O) groups excluding carboxylic acids is 2. The third-order valence-corrected chi connectivity index (χ3v) is 2.68. The van der Waals surface area contributed by atoms with E-state index in [-0.39, 0.29) is 23.9 Å². The van der Waals surface area contributed by atoms with Crippen molar-refractivity contribution >= 4 is 23.6 Å². The number of anilines is 1. The summed E-state index contributed by atoms with van der Waals surface area (Å²) in [4.78, 5) is 33.4. The van der Waals surface area contributed by atoms with Gasteiger partial charge in [-0.3, -0.25) is 4.79 Å². The van der Waals surface area contributed by atoms with Crippen LogP contribution >= 0.6 is 0 Å². The number of carbonyl (C=O) groups is 3. The van der Waals surface area contributed by atoms with Crippen LogP contribution < -0.4 is 16.0 Å². The number of amides is 3. The summed E-state index contributed by atoms with van der Waals surface area (Å²) in [5.74, 6) is -1.16. The van der Waals surface area contributed by atoms with E-state index >= 15 is 0 Å². The summed E-state index contributed by atoms with van der Waals surface area (Å²) in [7, 11) is 0. The van der Waals surface area contributed by atoms with Crippen molar-refractivity contribution in [1.29, 1.82) is 0 Å². The zero-order valence-corrected chi connectivity index (χ0v) is 9.97. The SMILES string of the molecule is O=C1CC(NC(=O)Nc2cccc(C(=O)O)c2)CN1. The molecule has 3 amide bonds. The number of aromatic carboxylic acids is 1. The standard InChI is InChI=1S/C12H13N3O4/c16-10-5-9(6-13-10)15-12(19)14-8-3-1-2-7(4-8)11(17)18/h1-4,9H,5-6H2,(H,13,16)(H,17,18)(H2,14,15,19). The smallest absolute Gasteiger partial charge is 0.335 e. The highest BCUT2D eigenvalue weighted by molar-refractivity contribution is 5.93. The molecule has 1 atom stereocenters. The van der Waals surface area contributed by atoms with E-state index in [4.69, 9.17) is 5.11 Å². The molecule has 1 aliphatic heterocycles. The summed E-state index contributed by atoms with van der Waals surface area (Å²) < 4.78 is 0. The Morgan fingerprint density at radius 1 is 1.37 bits per heavy atom. The lowest BCUT2D eigenvalue weighted by atomic mass is 10.2. The molecular weight excluding hydrogens is 250 g/mol. The molecule has 1 aromatic rings. The molecule has 0 bridgehead atoms. The minimum absolute atomic E-state index is 0.0931. The molecule has 0 aliphatic carbocycles. The highest BCUT2D eigenvalue weighted by Crippen LogP contribution is 2.10. The van der Waals surface area contributed by atoms with Crippen LogP contribution in [0.2, 0.25) is 0 Å². The highest BCUT2D eigenvalue weighted by atomic mass is 16.4. The van der Waals surface area contributed by atoms with Gasteiger partial charge in [-0.25, -0.2) is 9.59 Å². The summed E-state index contributed by atoms with van der Waals surface area (Å²) in [5.41, 5.74) is 0.477. The van der Waals surface area contributed by atoms with Crippen molar-refractivity contribution in [3.05, 3.63) is 29.8 Å². The van der Waals surface area contributed by atoms with Gasteiger partial charge < -0.3 is 21.1 Å². The number of nitrogens with one attached hydrogen (secondary N) is 3. The number of carboxylic acid groups (broad SMARTS) is 1. The number of carboxylic acids is 1. The van der Waals surface area contributed by atoms with Gasteiger partial charge in [0.2, 0.25) is 5.91 Å². The Morgan fingerprint density at radius 3 is 2.79 bits per heavy atom. The van der Waals surface area contributed by atoms with Crippen LogP contribution in [-0.2, 0) is 4.79 Å². The molecule has 1 saturated heterocycles. The van der Waals surface area contributed by atoms with Crippen molar-refractivity contribution in [2.24, 2.45) is 0 Å². The van der Waals surface area contributed by atoms with Gasteiger partial charge in [0.25, 0.3) is 0 Å². The Balaban J connectivity index is 1.93. The molecule has 0 aromatic heterocycles. The van der Waals surface area contributed by atoms with Crippen molar-refractivity contribution in [1.82, 2.24) is 10.6 Å². The second-order valence-corrected chi connectivity index (χ2v) is 4.19. The molecule has 0 saturated carbocycles. The molecule has 1 unspecified atom stereocenters. The molecule has 0 radical (unpaired) electrons. The van der Waals surface area contributed by atoms with E-state index in [2.05, 4.69) is 16.0 Å². The maximum Gasteiger partial charge on any atom is 0.335 e. The molecule has 100 valence electrons. The summed E-state index contributed by atoms with van der Waals surface area (Å²) in [6.07, 6.45) is 0.253. The van der Waals surface area contributed by atoms with E-state index in [0.29, 0.717) is 12.2 Å². The van der Waals surface area contributed by atoms with Gasteiger partial charge in [-0.1, -0.05) is 6.07 Å². The number of benzene rings is 1. The molecule has 4 N–H and O–H groups in total. The predicted molar refractivity (Wildman–Crippen MR) is 67.0 cm³/mol. The van der Waals surface area contributed by atoms with Gasteiger partial charge in [-0.05, 0) is 18.2 Å². The largest absolute Gasteiger partial charge is 0.478 e. The van der Waals surface area contributed by atoms with Crippen LogP contribution in [0, 0.1) is 0 Å². The van der Waals surface area contributed by atoms with Gasteiger partial charge in [0, 0.05) is 18.7 Å². The maximum atomic E-state index is 11.6. The van der Waals surface area contributed by atoms with Crippen LogP contribution in [-0.4, -0.2) is 35.6 Å². The van der Waals surface area contributed by atoms with Gasteiger partial charge in [0.05, 0.1) is 11.6 Å². The zero-order chi connectivity index (χ0) is 13.8. The van der Waals surface area contributed by atoms with Crippen molar-refractivity contribution in [3.63, 3.8) is 0 Å². The number of hydrogen-bond acceptors (Lipinski definition) is 3. The van der Waals surface area contributed by atoms with Crippen LogP contribution in [0.1, 0.15) is 16.8 Å². The minimum atomic E-state index is -1.06. The lowest BCUT2D eigenvalue weighted by molar-refractivity contribution is -0.119. The van der Waals surface area contributed by atoms with Gasteiger partial charge in [-0.15, -0.1) is 0 Å². The van der Waals surface area contributed by atoms with E-state index in [1.54, 1.807) is 12.1 Å². The van der Waals surface area contributed by atoms with Gasteiger partial charge in [0.15, 0.2) is 0 Å². The first kappa shape index (κ1) is 12.9. The fraction of sp³-hybridized carbons (Fsp3) is 0.250. The average Bonchev–Trinajstić information content (AvgIpc) is 2.74. The summed E-state index contributed by atoms with van der Waals surface area (Å²) in [6.45, 7) is 0.404. The zero-order valence-electron chi connectivity index (χ0n) is 9.97. The lowest BCUT2D eigenvalue weighted by Crippen LogP contribution is -2.39. The van der Waals surface area contributed by atoms with Crippen LogP contribution in [0.15, 0.2) is 24.3 Å².